The van der Waals surface area contributed by atoms with Crippen LogP contribution in [0.2, 0.25) is 0 Å². The van der Waals surface area contributed by atoms with Crippen LogP contribution in [-0.2, 0) is 9.53 Å². The van der Waals surface area contributed by atoms with Crippen LogP contribution in [0.1, 0.15) is 36.5 Å². The Bertz CT molecular complexity index is 506. The molecule has 0 amide bonds. The third-order valence-corrected chi connectivity index (χ3v) is 3.76. The van der Waals surface area contributed by atoms with Crippen molar-refractivity contribution in [2.45, 2.75) is 26.2 Å². The molecule has 19 heavy (non-hydrogen) atoms. The third kappa shape index (κ3) is 3.30. The van der Waals surface area contributed by atoms with E-state index in [1.165, 1.54) is 18.9 Å². The van der Waals surface area contributed by atoms with Crippen LogP contribution in [0.5, 0.6) is 0 Å². The number of carbonyl (C=O) groups excluding carboxylic acids is 2. The number of ether oxygens (including phenoxy) is 1. The van der Waals surface area contributed by atoms with Gasteiger partial charge in [0, 0.05) is 0 Å². The molecule has 1 aliphatic rings. The summed E-state index contributed by atoms with van der Waals surface area (Å²) in [6.07, 6.45) is 4.97. The Morgan fingerprint density at radius 2 is 2.21 bits per heavy atom. The fraction of sp³-hybridized carbons (Fsp3) is 0.467. The summed E-state index contributed by atoms with van der Waals surface area (Å²) in [4.78, 5) is 25.8. The van der Waals surface area contributed by atoms with Crippen molar-refractivity contribution < 1.29 is 14.3 Å². The first-order valence-electron chi connectivity index (χ1n) is 6.56. The molecule has 1 aromatic carbocycles. The van der Waals surface area contributed by atoms with E-state index in [2.05, 4.69) is 11.9 Å². The predicted molar refractivity (Wildman–Crippen MR) is 71.0 cm³/mol. The molecule has 0 saturated heterocycles. The Kier molecular flexibility index (Phi) is 4.48. The van der Waals surface area contributed by atoms with E-state index in [9.17, 15) is 9.59 Å². The maximum atomic E-state index is 12.0. The van der Waals surface area contributed by atoms with Crippen LogP contribution < -0.4 is 0 Å². The Morgan fingerprint density at radius 1 is 1.42 bits per heavy atom. The highest BCUT2D eigenvalue weighted by atomic mass is 16.5. The molecule has 0 bridgehead atoms. The number of esters is 1. The minimum Gasteiger partial charge on any atom is -0.462 e. The highest BCUT2D eigenvalue weighted by Gasteiger charge is 2.25. The second-order valence-electron chi connectivity index (χ2n) is 4.99. The SMILES string of the molecule is C[C@H]1CCCC1COC(=O)c1ccccc1N=C=O. The van der Waals surface area contributed by atoms with Gasteiger partial charge in [0.15, 0.2) is 0 Å². The summed E-state index contributed by atoms with van der Waals surface area (Å²) in [5.74, 6) is 0.635. The van der Waals surface area contributed by atoms with Crippen LogP contribution in [0.3, 0.4) is 0 Å². The predicted octanol–water partition coefficient (Wildman–Crippen LogP) is 3.25. The topological polar surface area (TPSA) is 55.7 Å². The summed E-state index contributed by atoms with van der Waals surface area (Å²) < 4.78 is 5.34. The van der Waals surface area contributed by atoms with E-state index in [1.54, 1.807) is 24.3 Å². The Hall–Kier alpha value is -1.93. The molecule has 1 aliphatic carbocycles. The quantitative estimate of drug-likeness (QED) is 0.474. The number of nitrogens with zero attached hydrogens (tertiary/aromatic N) is 1. The van der Waals surface area contributed by atoms with Crippen molar-refractivity contribution in [3.63, 3.8) is 0 Å². The molecule has 0 spiro atoms. The molecule has 2 rings (SSSR count). The van der Waals surface area contributed by atoms with E-state index in [1.807, 2.05) is 0 Å². The van der Waals surface area contributed by atoms with Crippen molar-refractivity contribution in [1.82, 2.24) is 0 Å². The zero-order chi connectivity index (χ0) is 13.7. The molecule has 0 N–H and O–H groups in total. The molecule has 4 nitrogen and oxygen atoms in total. The van der Waals surface area contributed by atoms with Gasteiger partial charge in [-0.05, 0) is 30.4 Å². The minimum absolute atomic E-state index is 0.307. The van der Waals surface area contributed by atoms with Crippen LogP contribution in [-0.4, -0.2) is 18.7 Å². The monoisotopic (exact) mass is 259 g/mol. The molecular weight excluding hydrogens is 242 g/mol. The lowest BCUT2D eigenvalue weighted by Crippen LogP contribution is -2.16. The van der Waals surface area contributed by atoms with Crippen LogP contribution in [0, 0.1) is 11.8 Å². The van der Waals surface area contributed by atoms with Crippen molar-refractivity contribution in [3.05, 3.63) is 29.8 Å². The van der Waals surface area contributed by atoms with Gasteiger partial charge in [0.25, 0.3) is 0 Å². The minimum atomic E-state index is -0.422. The van der Waals surface area contributed by atoms with Gasteiger partial charge in [-0.15, -0.1) is 0 Å². The molecule has 2 atom stereocenters. The van der Waals surface area contributed by atoms with Gasteiger partial charge in [-0.3, -0.25) is 0 Å². The Morgan fingerprint density at radius 3 is 2.89 bits per heavy atom. The van der Waals surface area contributed by atoms with Gasteiger partial charge in [0.2, 0.25) is 6.08 Å². The van der Waals surface area contributed by atoms with Gasteiger partial charge < -0.3 is 4.74 Å². The highest BCUT2D eigenvalue weighted by molar-refractivity contribution is 5.95. The lowest BCUT2D eigenvalue weighted by molar-refractivity contribution is 0.0417. The van der Waals surface area contributed by atoms with E-state index < -0.39 is 5.97 Å². The van der Waals surface area contributed by atoms with Crippen molar-refractivity contribution in [2.75, 3.05) is 6.61 Å². The number of aliphatic imine (C=N–C) groups is 1. The van der Waals surface area contributed by atoms with Crippen molar-refractivity contribution in [1.29, 1.82) is 0 Å². The van der Waals surface area contributed by atoms with Crippen LogP contribution in [0.4, 0.5) is 5.69 Å². The van der Waals surface area contributed by atoms with E-state index >= 15 is 0 Å². The first-order chi connectivity index (χ1) is 9.22. The van der Waals surface area contributed by atoms with Gasteiger partial charge >= 0.3 is 5.97 Å². The van der Waals surface area contributed by atoms with Gasteiger partial charge in [-0.1, -0.05) is 31.9 Å². The van der Waals surface area contributed by atoms with Crippen LogP contribution >= 0.6 is 0 Å². The second kappa shape index (κ2) is 6.30. The summed E-state index contributed by atoms with van der Waals surface area (Å²) in [6.45, 7) is 2.63. The van der Waals surface area contributed by atoms with Gasteiger partial charge in [0.05, 0.1) is 17.9 Å². The molecule has 0 radical (unpaired) electrons. The molecule has 1 saturated carbocycles. The molecule has 0 aliphatic heterocycles. The van der Waals surface area contributed by atoms with Crippen LogP contribution in [0.15, 0.2) is 29.3 Å². The summed E-state index contributed by atoms with van der Waals surface area (Å²) in [7, 11) is 0. The zero-order valence-corrected chi connectivity index (χ0v) is 11.0. The van der Waals surface area contributed by atoms with Gasteiger partial charge in [-0.25, -0.2) is 9.59 Å². The number of isocyanates is 1. The first kappa shape index (κ1) is 13.5. The highest BCUT2D eigenvalue weighted by Crippen LogP contribution is 2.31. The molecule has 0 aromatic heterocycles. The van der Waals surface area contributed by atoms with E-state index in [0.717, 1.165) is 6.42 Å². The largest absolute Gasteiger partial charge is 0.462 e. The molecule has 100 valence electrons. The summed E-state index contributed by atoms with van der Waals surface area (Å²) >= 11 is 0. The lowest BCUT2D eigenvalue weighted by atomic mass is 9.99. The number of para-hydroxylation sites is 1. The summed E-state index contributed by atoms with van der Waals surface area (Å²) in [5, 5.41) is 0. The maximum absolute atomic E-state index is 12.0. The number of rotatable bonds is 4. The molecule has 1 fully saturated rings. The van der Waals surface area contributed by atoms with Crippen molar-refractivity contribution in [2.24, 2.45) is 16.8 Å². The Balaban J connectivity index is 2.01. The number of hydrogen-bond acceptors (Lipinski definition) is 4. The fourth-order valence-corrected chi connectivity index (χ4v) is 2.52. The molecule has 4 heteroatoms. The number of hydrogen-bond donors (Lipinski definition) is 0. The first-order valence-corrected chi connectivity index (χ1v) is 6.56. The summed E-state index contributed by atoms with van der Waals surface area (Å²) in [5.41, 5.74) is 0.624. The normalized spacial score (nSPS) is 21.7. The van der Waals surface area contributed by atoms with E-state index in [-0.39, 0.29) is 0 Å². The van der Waals surface area contributed by atoms with Gasteiger partial charge in [-0.2, -0.15) is 4.99 Å². The maximum Gasteiger partial charge on any atom is 0.340 e. The average Bonchev–Trinajstić information content (AvgIpc) is 2.82. The van der Waals surface area contributed by atoms with E-state index in [0.29, 0.717) is 29.7 Å². The summed E-state index contributed by atoms with van der Waals surface area (Å²) in [6, 6.07) is 6.64. The van der Waals surface area contributed by atoms with Crippen LogP contribution in [0.25, 0.3) is 0 Å². The number of carbonyl (C=O) groups is 1. The molecule has 1 unspecified atom stereocenters. The lowest BCUT2D eigenvalue weighted by Gasteiger charge is -2.15. The smallest absolute Gasteiger partial charge is 0.340 e. The average molecular weight is 259 g/mol. The zero-order valence-electron chi connectivity index (χ0n) is 11.0. The Labute approximate surface area is 112 Å². The van der Waals surface area contributed by atoms with E-state index in [4.69, 9.17) is 4.74 Å². The standard InChI is InChI=1S/C15H17NO3/c1-11-5-4-6-12(11)9-19-15(18)13-7-2-3-8-14(13)16-10-17/h2-3,7-8,11-12H,4-6,9H2,1H3/t11-,12?/m0/s1. The van der Waals surface area contributed by atoms with Crippen molar-refractivity contribution in [3.8, 4) is 0 Å². The third-order valence-electron chi connectivity index (χ3n) is 3.76. The molecular formula is C15H17NO3. The second-order valence-corrected chi connectivity index (χ2v) is 4.99. The number of benzene rings is 1. The van der Waals surface area contributed by atoms with Gasteiger partial charge in [0.1, 0.15) is 0 Å². The molecule has 1 aromatic rings. The molecule has 0 heterocycles. The van der Waals surface area contributed by atoms with Crippen molar-refractivity contribution >= 4 is 17.7 Å². The fourth-order valence-electron chi connectivity index (χ4n) is 2.52.